The van der Waals surface area contributed by atoms with E-state index in [0.717, 1.165) is 5.56 Å². The minimum Gasteiger partial charge on any atom is -0.497 e. The molecule has 1 fully saturated rings. The summed E-state index contributed by atoms with van der Waals surface area (Å²) in [6.45, 7) is 0.383. The normalized spacial score (nSPS) is 15.4. The number of nitrogens with one attached hydrogen (secondary N) is 1. The van der Waals surface area contributed by atoms with Gasteiger partial charge in [-0.05, 0) is 78.8 Å². The van der Waals surface area contributed by atoms with Crippen LogP contribution in [0.4, 0.5) is 11.4 Å². The molecule has 2 amide bonds. The number of hydrogen-bond acceptors (Lipinski definition) is 4. The molecule has 4 rings (SSSR count). The molecule has 0 saturated carbocycles. The first-order chi connectivity index (χ1) is 17.3. The lowest BCUT2D eigenvalue weighted by atomic mass is 10.1. The molecular weight excluding hydrogens is 541 g/mol. The molecule has 1 N–H and O–H groups in total. The summed E-state index contributed by atoms with van der Waals surface area (Å²) in [7, 11) is 1.57. The average Bonchev–Trinajstić information content (AvgIpc) is 3.07. The van der Waals surface area contributed by atoms with E-state index in [0.29, 0.717) is 50.3 Å². The van der Waals surface area contributed by atoms with Crippen molar-refractivity contribution in [2.24, 2.45) is 0 Å². The molecule has 36 heavy (non-hydrogen) atoms. The van der Waals surface area contributed by atoms with Gasteiger partial charge in [0, 0.05) is 27.3 Å². The summed E-state index contributed by atoms with van der Waals surface area (Å²) in [6, 6.07) is 18.3. The van der Waals surface area contributed by atoms with Gasteiger partial charge in [-0.15, -0.1) is 0 Å². The molecular formula is C26H22Cl3N3O3S. The van der Waals surface area contributed by atoms with Crippen LogP contribution in [0.1, 0.15) is 12.0 Å². The third-order valence-corrected chi connectivity index (χ3v) is 7.01. The summed E-state index contributed by atoms with van der Waals surface area (Å²) >= 11 is 24.1. The molecule has 0 bridgehead atoms. The van der Waals surface area contributed by atoms with E-state index in [1.807, 2.05) is 6.07 Å². The summed E-state index contributed by atoms with van der Waals surface area (Å²) < 4.78 is 5.22. The number of methoxy groups -OCH3 is 1. The maximum Gasteiger partial charge on any atom is 0.256 e. The van der Waals surface area contributed by atoms with Crippen molar-refractivity contribution in [1.82, 2.24) is 4.90 Å². The van der Waals surface area contributed by atoms with Crippen LogP contribution in [0.5, 0.6) is 5.75 Å². The van der Waals surface area contributed by atoms with Gasteiger partial charge in [0.05, 0.1) is 19.2 Å². The molecule has 1 aliphatic heterocycles. The molecule has 3 aromatic carbocycles. The molecule has 0 spiro atoms. The van der Waals surface area contributed by atoms with Crippen molar-refractivity contribution in [1.29, 1.82) is 0 Å². The van der Waals surface area contributed by atoms with Gasteiger partial charge >= 0.3 is 0 Å². The molecule has 0 radical (unpaired) electrons. The number of nitrogens with zero attached hydrogens (tertiary/aromatic N) is 2. The Hall–Kier alpha value is -2.84. The van der Waals surface area contributed by atoms with E-state index in [1.165, 1.54) is 4.90 Å². The van der Waals surface area contributed by atoms with Gasteiger partial charge in [-0.1, -0.05) is 46.9 Å². The Balaban J connectivity index is 1.58. The lowest BCUT2D eigenvalue weighted by Gasteiger charge is -2.24. The lowest BCUT2D eigenvalue weighted by molar-refractivity contribution is -0.124. The predicted molar refractivity (Wildman–Crippen MR) is 148 cm³/mol. The number of carbonyl (C=O) groups is 2. The number of rotatable bonds is 8. The summed E-state index contributed by atoms with van der Waals surface area (Å²) in [5.74, 6) is 0.0427. The zero-order chi connectivity index (χ0) is 25.8. The Labute approximate surface area is 229 Å². The van der Waals surface area contributed by atoms with Gasteiger partial charge < -0.3 is 15.0 Å². The summed E-state index contributed by atoms with van der Waals surface area (Å²) in [6.07, 6.45) is 0.415. The first kappa shape index (κ1) is 26.2. The second kappa shape index (κ2) is 11.5. The number of amides is 2. The van der Waals surface area contributed by atoms with Crippen molar-refractivity contribution in [3.63, 3.8) is 0 Å². The molecule has 1 aliphatic rings. The van der Waals surface area contributed by atoms with Crippen molar-refractivity contribution in [2.45, 2.75) is 18.9 Å². The van der Waals surface area contributed by atoms with Crippen LogP contribution in [0.2, 0.25) is 15.1 Å². The smallest absolute Gasteiger partial charge is 0.256 e. The van der Waals surface area contributed by atoms with Crippen LogP contribution in [-0.4, -0.2) is 41.5 Å². The average molecular weight is 563 g/mol. The van der Waals surface area contributed by atoms with Gasteiger partial charge in [0.2, 0.25) is 5.91 Å². The number of thiocarbonyl (C=S) groups is 1. The molecule has 0 aromatic heterocycles. The molecule has 10 heteroatoms. The predicted octanol–water partition coefficient (Wildman–Crippen LogP) is 6.23. The van der Waals surface area contributed by atoms with Crippen molar-refractivity contribution in [2.75, 3.05) is 23.9 Å². The van der Waals surface area contributed by atoms with Crippen molar-refractivity contribution < 1.29 is 14.3 Å². The van der Waals surface area contributed by atoms with Gasteiger partial charge in [0.25, 0.3) is 5.91 Å². The topological polar surface area (TPSA) is 61.9 Å². The van der Waals surface area contributed by atoms with Crippen LogP contribution in [0, 0.1) is 0 Å². The highest BCUT2D eigenvalue weighted by Crippen LogP contribution is 2.30. The van der Waals surface area contributed by atoms with Crippen LogP contribution < -0.4 is 15.0 Å². The Bertz CT molecular complexity index is 1300. The van der Waals surface area contributed by atoms with Crippen molar-refractivity contribution in [3.05, 3.63) is 87.4 Å². The van der Waals surface area contributed by atoms with Crippen LogP contribution >= 0.6 is 47.0 Å². The van der Waals surface area contributed by atoms with Gasteiger partial charge in [-0.25, -0.2) is 0 Å². The first-order valence-electron chi connectivity index (χ1n) is 11.0. The van der Waals surface area contributed by atoms with E-state index in [-0.39, 0.29) is 18.2 Å². The summed E-state index contributed by atoms with van der Waals surface area (Å²) in [5, 5.41) is 4.69. The van der Waals surface area contributed by atoms with E-state index in [4.69, 9.17) is 51.8 Å². The van der Waals surface area contributed by atoms with Crippen molar-refractivity contribution in [3.8, 4) is 5.75 Å². The quantitative estimate of drug-likeness (QED) is 0.330. The van der Waals surface area contributed by atoms with E-state index < -0.39 is 6.04 Å². The van der Waals surface area contributed by atoms with E-state index in [9.17, 15) is 9.59 Å². The molecule has 186 valence electrons. The number of ether oxygens (including phenoxy) is 1. The highest BCUT2D eigenvalue weighted by molar-refractivity contribution is 7.80. The molecule has 3 aromatic rings. The molecule has 1 atom stereocenters. The number of anilines is 2. The zero-order valence-corrected chi connectivity index (χ0v) is 22.3. The Morgan fingerprint density at radius 2 is 1.75 bits per heavy atom. The Kier molecular flexibility index (Phi) is 8.36. The van der Waals surface area contributed by atoms with Crippen LogP contribution in [0.3, 0.4) is 0 Å². The molecule has 1 heterocycles. The minimum atomic E-state index is -0.787. The number of benzene rings is 3. The van der Waals surface area contributed by atoms with E-state index >= 15 is 0 Å². The van der Waals surface area contributed by atoms with Crippen LogP contribution in [0.15, 0.2) is 66.7 Å². The molecule has 0 aliphatic carbocycles. The number of carbonyl (C=O) groups excluding carboxylic acids is 2. The fraction of sp³-hybridized carbons (Fsp3) is 0.192. The molecule has 1 saturated heterocycles. The lowest BCUT2D eigenvalue weighted by Crippen LogP contribution is -2.39. The van der Waals surface area contributed by atoms with Crippen LogP contribution in [-0.2, 0) is 16.0 Å². The Morgan fingerprint density at radius 3 is 2.42 bits per heavy atom. The maximum atomic E-state index is 13.6. The highest BCUT2D eigenvalue weighted by atomic mass is 35.5. The largest absolute Gasteiger partial charge is 0.497 e. The molecule has 6 nitrogen and oxygen atoms in total. The van der Waals surface area contributed by atoms with Gasteiger partial charge in [0.15, 0.2) is 5.11 Å². The molecule has 1 unspecified atom stereocenters. The van der Waals surface area contributed by atoms with Crippen molar-refractivity contribution >= 4 is 75.3 Å². The number of hydrogen-bond donors (Lipinski definition) is 1. The first-order valence-corrected chi connectivity index (χ1v) is 12.6. The third kappa shape index (κ3) is 5.93. The fourth-order valence-corrected chi connectivity index (χ4v) is 5.08. The van der Waals surface area contributed by atoms with Gasteiger partial charge in [-0.3, -0.25) is 14.5 Å². The fourth-order valence-electron chi connectivity index (χ4n) is 3.98. The maximum absolute atomic E-state index is 13.6. The SMILES string of the molecule is COc1ccc(N2C(=O)C(CC(=O)Nc3cccc(Cl)c3)N(CCc3ccc(Cl)cc3Cl)C2=S)cc1. The summed E-state index contributed by atoms with van der Waals surface area (Å²) in [5.41, 5.74) is 2.01. The highest BCUT2D eigenvalue weighted by Gasteiger charge is 2.44. The third-order valence-electron chi connectivity index (χ3n) is 5.77. The Morgan fingerprint density at radius 1 is 1.03 bits per heavy atom. The monoisotopic (exact) mass is 561 g/mol. The van der Waals surface area contributed by atoms with E-state index in [1.54, 1.807) is 72.7 Å². The summed E-state index contributed by atoms with van der Waals surface area (Å²) in [4.78, 5) is 29.7. The second-order valence-electron chi connectivity index (χ2n) is 8.11. The van der Waals surface area contributed by atoms with Gasteiger partial charge in [-0.2, -0.15) is 0 Å². The standard InChI is InChI=1S/C26H22Cl3N3O3S/c1-35-21-9-7-20(8-10-21)32-25(34)23(15-24(33)30-19-4-2-3-17(27)13-19)31(26(32)36)12-11-16-5-6-18(28)14-22(16)29/h2-10,13-14,23H,11-12,15H2,1H3,(H,30,33). The zero-order valence-electron chi connectivity index (χ0n) is 19.2. The second-order valence-corrected chi connectivity index (χ2v) is 9.76. The number of halogens is 3. The van der Waals surface area contributed by atoms with Crippen LogP contribution in [0.25, 0.3) is 0 Å². The van der Waals surface area contributed by atoms with Gasteiger partial charge in [0.1, 0.15) is 11.8 Å². The minimum absolute atomic E-state index is 0.0908. The van der Waals surface area contributed by atoms with E-state index in [2.05, 4.69) is 5.32 Å².